The second-order valence-corrected chi connectivity index (χ2v) is 4.56. The second-order valence-electron chi connectivity index (χ2n) is 4.56. The van der Waals surface area contributed by atoms with Crippen molar-refractivity contribution in [3.63, 3.8) is 0 Å². The molecule has 3 nitrogen and oxygen atoms in total. The molecule has 2 rings (SSSR count). The molecule has 1 fully saturated rings. The van der Waals surface area contributed by atoms with Gasteiger partial charge in [0, 0.05) is 18.8 Å². The van der Waals surface area contributed by atoms with Crippen LogP contribution in [0.5, 0.6) is 0 Å². The highest BCUT2D eigenvalue weighted by Crippen LogP contribution is 2.15. The molecule has 0 spiro atoms. The standard InChI is InChI=1S/C13H20FN3/c1-2-17(13-3-5-15-6-4-13)10-11-7-12(14)9-16-8-11/h7-9,13,15H,2-6,10H2,1H3. The minimum atomic E-state index is -0.246. The lowest BCUT2D eigenvalue weighted by Crippen LogP contribution is -2.42. The molecule has 1 aromatic heterocycles. The van der Waals surface area contributed by atoms with Crippen LogP contribution in [0.4, 0.5) is 4.39 Å². The molecular formula is C13H20FN3. The minimum Gasteiger partial charge on any atom is -0.317 e. The summed E-state index contributed by atoms with van der Waals surface area (Å²) in [6, 6.07) is 2.20. The van der Waals surface area contributed by atoms with Crippen LogP contribution in [0, 0.1) is 5.82 Å². The van der Waals surface area contributed by atoms with Crippen LogP contribution in [-0.4, -0.2) is 35.6 Å². The summed E-state index contributed by atoms with van der Waals surface area (Å²) in [6.45, 7) is 6.13. The van der Waals surface area contributed by atoms with Gasteiger partial charge in [-0.2, -0.15) is 0 Å². The lowest BCUT2D eigenvalue weighted by atomic mass is 10.0. The number of hydrogen-bond donors (Lipinski definition) is 1. The molecule has 1 aromatic rings. The van der Waals surface area contributed by atoms with Crippen LogP contribution in [-0.2, 0) is 6.54 Å². The zero-order chi connectivity index (χ0) is 12.1. The van der Waals surface area contributed by atoms with Gasteiger partial charge in [0.15, 0.2) is 0 Å². The number of pyridine rings is 1. The third-order valence-electron chi connectivity index (χ3n) is 3.38. The van der Waals surface area contributed by atoms with Crippen LogP contribution in [0.3, 0.4) is 0 Å². The van der Waals surface area contributed by atoms with Crippen LogP contribution < -0.4 is 5.32 Å². The van der Waals surface area contributed by atoms with E-state index in [2.05, 4.69) is 22.1 Å². The number of piperidine rings is 1. The first-order valence-corrected chi connectivity index (χ1v) is 6.33. The molecule has 1 aliphatic heterocycles. The fourth-order valence-electron chi connectivity index (χ4n) is 2.45. The normalized spacial score (nSPS) is 17.6. The maximum atomic E-state index is 13.1. The van der Waals surface area contributed by atoms with E-state index in [1.54, 1.807) is 12.3 Å². The molecule has 0 unspecified atom stereocenters. The van der Waals surface area contributed by atoms with E-state index < -0.39 is 0 Å². The summed E-state index contributed by atoms with van der Waals surface area (Å²) in [5, 5.41) is 3.37. The van der Waals surface area contributed by atoms with Crippen LogP contribution >= 0.6 is 0 Å². The van der Waals surface area contributed by atoms with Crippen LogP contribution in [0.15, 0.2) is 18.5 Å². The van der Waals surface area contributed by atoms with Gasteiger partial charge in [-0.05, 0) is 44.1 Å². The summed E-state index contributed by atoms with van der Waals surface area (Å²) in [5.41, 5.74) is 0.963. The Balaban J connectivity index is 1.98. The van der Waals surface area contributed by atoms with Crippen molar-refractivity contribution >= 4 is 0 Å². The smallest absolute Gasteiger partial charge is 0.141 e. The largest absolute Gasteiger partial charge is 0.317 e. The molecule has 1 N–H and O–H groups in total. The Morgan fingerprint density at radius 2 is 2.18 bits per heavy atom. The molecule has 0 amide bonds. The average Bonchev–Trinajstić information content (AvgIpc) is 2.37. The summed E-state index contributed by atoms with van der Waals surface area (Å²) in [6.07, 6.45) is 5.37. The molecule has 0 aromatic carbocycles. The predicted octanol–water partition coefficient (Wildman–Crippen LogP) is 1.79. The maximum Gasteiger partial charge on any atom is 0.141 e. The summed E-state index contributed by atoms with van der Waals surface area (Å²) in [5.74, 6) is -0.246. The van der Waals surface area contributed by atoms with Crippen LogP contribution in [0.25, 0.3) is 0 Å². The van der Waals surface area contributed by atoms with E-state index in [0.29, 0.717) is 6.04 Å². The van der Waals surface area contributed by atoms with Crippen molar-refractivity contribution in [3.05, 3.63) is 29.8 Å². The SMILES string of the molecule is CCN(Cc1cncc(F)c1)C1CCNCC1. The molecule has 0 saturated carbocycles. The third kappa shape index (κ3) is 3.48. The lowest BCUT2D eigenvalue weighted by Gasteiger charge is -2.33. The molecule has 0 aliphatic carbocycles. The molecule has 17 heavy (non-hydrogen) atoms. The Labute approximate surface area is 102 Å². The molecule has 4 heteroatoms. The van der Waals surface area contributed by atoms with Gasteiger partial charge in [0.05, 0.1) is 6.20 Å². The molecule has 1 saturated heterocycles. The summed E-state index contributed by atoms with van der Waals surface area (Å²) >= 11 is 0. The molecular weight excluding hydrogens is 217 g/mol. The Hall–Kier alpha value is -1.00. The first-order chi connectivity index (χ1) is 8.29. The molecule has 1 aliphatic rings. The van der Waals surface area contributed by atoms with Gasteiger partial charge in [-0.1, -0.05) is 6.92 Å². The predicted molar refractivity (Wildman–Crippen MR) is 66.2 cm³/mol. The van der Waals surface area contributed by atoms with E-state index in [4.69, 9.17) is 0 Å². The number of aromatic nitrogens is 1. The van der Waals surface area contributed by atoms with Crippen LogP contribution in [0.2, 0.25) is 0 Å². The fourth-order valence-corrected chi connectivity index (χ4v) is 2.45. The fraction of sp³-hybridized carbons (Fsp3) is 0.615. The van der Waals surface area contributed by atoms with E-state index in [1.807, 2.05) is 0 Å². The second kappa shape index (κ2) is 6.07. The summed E-state index contributed by atoms with van der Waals surface area (Å²) in [4.78, 5) is 6.32. The van der Waals surface area contributed by atoms with E-state index in [-0.39, 0.29) is 5.82 Å². The topological polar surface area (TPSA) is 28.2 Å². The summed E-state index contributed by atoms with van der Waals surface area (Å²) in [7, 11) is 0. The molecule has 2 heterocycles. The van der Waals surface area contributed by atoms with Crippen molar-refractivity contribution < 1.29 is 4.39 Å². The number of halogens is 1. The van der Waals surface area contributed by atoms with Gasteiger partial charge in [-0.3, -0.25) is 9.88 Å². The zero-order valence-electron chi connectivity index (χ0n) is 10.3. The number of hydrogen-bond acceptors (Lipinski definition) is 3. The monoisotopic (exact) mass is 237 g/mol. The maximum absolute atomic E-state index is 13.1. The van der Waals surface area contributed by atoms with Gasteiger partial charge in [0.2, 0.25) is 0 Å². The van der Waals surface area contributed by atoms with Gasteiger partial charge < -0.3 is 5.32 Å². The lowest BCUT2D eigenvalue weighted by molar-refractivity contribution is 0.162. The first kappa shape index (κ1) is 12.5. The molecule has 0 atom stereocenters. The molecule has 94 valence electrons. The van der Waals surface area contributed by atoms with Gasteiger partial charge in [-0.15, -0.1) is 0 Å². The number of rotatable bonds is 4. The first-order valence-electron chi connectivity index (χ1n) is 6.33. The Morgan fingerprint density at radius 3 is 2.82 bits per heavy atom. The quantitative estimate of drug-likeness (QED) is 0.865. The number of nitrogens with zero attached hydrogens (tertiary/aromatic N) is 2. The van der Waals surface area contributed by atoms with Crippen molar-refractivity contribution in [2.75, 3.05) is 19.6 Å². The van der Waals surface area contributed by atoms with Gasteiger partial charge >= 0.3 is 0 Å². The number of nitrogens with one attached hydrogen (secondary N) is 1. The minimum absolute atomic E-state index is 0.246. The van der Waals surface area contributed by atoms with Crippen LogP contribution in [0.1, 0.15) is 25.3 Å². The highest BCUT2D eigenvalue weighted by atomic mass is 19.1. The molecule has 0 bridgehead atoms. The Kier molecular flexibility index (Phi) is 4.45. The van der Waals surface area contributed by atoms with E-state index in [1.165, 1.54) is 19.0 Å². The highest BCUT2D eigenvalue weighted by Gasteiger charge is 2.19. The van der Waals surface area contributed by atoms with Crippen molar-refractivity contribution in [2.45, 2.75) is 32.4 Å². The zero-order valence-corrected chi connectivity index (χ0v) is 10.3. The van der Waals surface area contributed by atoms with Crippen molar-refractivity contribution in [1.82, 2.24) is 15.2 Å². The van der Waals surface area contributed by atoms with E-state index in [9.17, 15) is 4.39 Å². The van der Waals surface area contributed by atoms with Gasteiger partial charge in [0.1, 0.15) is 5.82 Å². The van der Waals surface area contributed by atoms with Crippen molar-refractivity contribution in [3.8, 4) is 0 Å². The van der Waals surface area contributed by atoms with E-state index >= 15 is 0 Å². The Morgan fingerprint density at radius 1 is 1.41 bits per heavy atom. The summed E-state index contributed by atoms with van der Waals surface area (Å²) < 4.78 is 13.1. The van der Waals surface area contributed by atoms with Crippen molar-refractivity contribution in [2.24, 2.45) is 0 Å². The van der Waals surface area contributed by atoms with Crippen molar-refractivity contribution in [1.29, 1.82) is 0 Å². The molecule has 0 radical (unpaired) electrons. The van der Waals surface area contributed by atoms with E-state index in [0.717, 1.165) is 31.7 Å². The Bertz CT molecular complexity index is 350. The van der Waals surface area contributed by atoms with Gasteiger partial charge in [0.25, 0.3) is 0 Å². The van der Waals surface area contributed by atoms with Gasteiger partial charge in [-0.25, -0.2) is 4.39 Å². The average molecular weight is 237 g/mol. The highest BCUT2D eigenvalue weighted by molar-refractivity contribution is 5.10. The third-order valence-corrected chi connectivity index (χ3v) is 3.38.